The van der Waals surface area contributed by atoms with E-state index in [-0.39, 0.29) is 22.9 Å². The Kier molecular flexibility index (Phi) is 5.64. The van der Waals surface area contributed by atoms with E-state index in [1.165, 1.54) is 38.5 Å². The van der Waals surface area contributed by atoms with E-state index >= 15 is 0 Å². The van der Waals surface area contributed by atoms with Gasteiger partial charge in [0.25, 0.3) is 11.6 Å². The quantitative estimate of drug-likeness (QED) is 0.590. The third kappa shape index (κ3) is 3.61. The molecule has 7 heteroatoms. The molecular weight excluding hydrogens is 336 g/mol. The molecule has 0 unspecified atom stereocenters. The van der Waals surface area contributed by atoms with Crippen molar-refractivity contribution in [1.29, 1.82) is 0 Å². The summed E-state index contributed by atoms with van der Waals surface area (Å²) in [5.41, 5.74) is -0.158. The summed E-state index contributed by atoms with van der Waals surface area (Å²) in [6, 6.07) is 2.74. The number of nitro benzene ring substituents is 1. The third-order valence-electron chi connectivity index (χ3n) is 5.59. The number of hydrogen-bond acceptors (Lipinski definition) is 5. The van der Waals surface area contributed by atoms with Crippen molar-refractivity contribution < 1.29 is 19.2 Å². The number of nitrogens with zero attached hydrogens (tertiary/aromatic N) is 2. The van der Waals surface area contributed by atoms with E-state index in [1.54, 1.807) is 4.90 Å². The third-order valence-corrected chi connectivity index (χ3v) is 5.59. The lowest BCUT2D eigenvalue weighted by molar-refractivity contribution is -0.385. The maximum absolute atomic E-state index is 13.1. The smallest absolute Gasteiger partial charge is 0.286 e. The van der Waals surface area contributed by atoms with Crippen LogP contribution in [0.2, 0.25) is 0 Å². The van der Waals surface area contributed by atoms with Crippen LogP contribution in [0, 0.1) is 22.0 Å². The molecule has 0 N–H and O–H groups in total. The number of amides is 1. The maximum atomic E-state index is 13.1. The minimum atomic E-state index is -0.529. The lowest BCUT2D eigenvalue weighted by atomic mass is 9.75. The zero-order chi connectivity index (χ0) is 18.7. The molecule has 2 aliphatic rings. The van der Waals surface area contributed by atoms with Crippen LogP contribution in [0.4, 0.5) is 5.69 Å². The molecule has 1 aromatic carbocycles. The molecule has 1 amide bonds. The highest BCUT2D eigenvalue weighted by molar-refractivity contribution is 5.99. The van der Waals surface area contributed by atoms with E-state index in [9.17, 15) is 14.9 Å². The number of hydrogen-bond donors (Lipinski definition) is 0. The first kappa shape index (κ1) is 18.5. The Hall–Kier alpha value is -2.31. The van der Waals surface area contributed by atoms with Gasteiger partial charge in [-0.25, -0.2) is 0 Å². The van der Waals surface area contributed by atoms with E-state index in [1.807, 2.05) is 6.92 Å². The molecule has 2 fully saturated rings. The molecular formula is C19H26N2O5. The minimum absolute atomic E-state index is 0.0773. The number of likely N-dealkylation sites (tertiary alicyclic amines) is 1. The summed E-state index contributed by atoms with van der Waals surface area (Å²) in [4.78, 5) is 25.8. The number of piperidine rings is 1. The van der Waals surface area contributed by atoms with Crippen LogP contribution in [-0.2, 0) is 0 Å². The molecule has 0 aromatic heterocycles. The Labute approximate surface area is 153 Å². The minimum Gasteiger partial charge on any atom is -0.493 e. The van der Waals surface area contributed by atoms with Crippen LogP contribution < -0.4 is 9.47 Å². The van der Waals surface area contributed by atoms with Crippen LogP contribution in [0.1, 0.15) is 49.4 Å². The molecule has 2 atom stereocenters. The van der Waals surface area contributed by atoms with Crippen LogP contribution in [0.15, 0.2) is 12.1 Å². The summed E-state index contributed by atoms with van der Waals surface area (Å²) < 4.78 is 10.7. The average molecular weight is 362 g/mol. The van der Waals surface area contributed by atoms with Crippen molar-refractivity contribution in [2.75, 3.05) is 26.8 Å². The fraction of sp³-hybridized carbons (Fsp3) is 0.632. The summed E-state index contributed by atoms with van der Waals surface area (Å²) in [6.45, 7) is 3.55. The van der Waals surface area contributed by atoms with E-state index in [0.29, 0.717) is 37.3 Å². The summed E-state index contributed by atoms with van der Waals surface area (Å²) in [6.07, 6.45) is 5.85. The lowest BCUT2D eigenvalue weighted by Gasteiger charge is -2.41. The highest BCUT2D eigenvalue weighted by atomic mass is 16.6. The van der Waals surface area contributed by atoms with Crippen molar-refractivity contribution in [2.24, 2.45) is 11.8 Å². The Balaban J connectivity index is 1.89. The zero-order valence-electron chi connectivity index (χ0n) is 15.4. The average Bonchev–Trinajstić information content (AvgIpc) is 2.66. The monoisotopic (exact) mass is 362 g/mol. The van der Waals surface area contributed by atoms with Gasteiger partial charge in [0.2, 0.25) is 0 Å². The van der Waals surface area contributed by atoms with Gasteiger partial charge in [0.05, 0.1) is 24.7 Å². The Morgan fingerprint density at radius 3 is 2.62 bits per heavy atom. The summed E-state index contributed by atoms with van der Waals surface area (Å²) in [7, 11) is 1.43. The number of carbonyl (C=O) groups is 1. The van der Waals surface area contributed by atoms with E-state index in [2.05, 4.69) is 0 Å². The van der Waals surface area contributed by atoms with Crippen LogP contribution in [0.5, 0.6) is 11.5 Å². The van der Waals surface area contributed by atoms with Gasteiger partial charge in [-0.15, -0.1) is 0 Å². The van der Waals surface area contributed by atoms with Gasteiger partial charge in [0.1, 0.15) is 5.56 Å². The van der Waals surface area contributed by atoms with E-state index < -0.39 is 4.92 Å². The van der Waals surface area contributed by atoms with Gasteiger partial charge in [0.15, 0.2) is 11.5 Å². The molecule has 0 bridgehead atoms. The summed E-state index contributed by atoms with van der Waals surface area (Å²) in [5.74, 6) is 1.55. The second kappa shape index (κ2) is 7.93. The highest BCUT2D eigenvalue weighted by Gasteiger charge is 2.35. The highest BCUT2D eigenvalue weighted by Crippen LogP contribution is 2.39. The molecule has 3 rings (SSSR count). The van der Waals surface area contributed by atoms with Gasteiger partial charge in [-0.2, -0.15) is 0 Å². The molecule has 142 valence electrons. The molecule has 26 heavy (non-hydrogen) atoms. The molecule has 1 saturated carbocycles. The lowest BCUT2D eigenvalue weighted by Crippen LogP contribution is -2.44. The van der Waals surface area contributed by atoms with E-state index in [0.717, 1.165) is 12.8 Å². The first-order valence-electron chi connectivity index (χ1n) is 9.33. The molecule has 1 aliphatic heterocycles. The molecule has 1 aromatic rings. The summed E-state index contributed by atoms with van der Waals surface area (Å²) >= 11 is 0. The molecule has 7 nitrogen and oxygen atoms in total. The largest absolute Gasteiger partial charge is 0.493 e. The molecule has 1 aliphatic carbocycles. The van der Waals surface area contributed by atoms with Gasteiger partial charge in [-0.1, -0.05) is 19.3 Å². The summed E-state index contributed by atoms with van der Waals surface area (Å²) in [5, 5.41) is 11.5. The second-order valence-corrected chi connectivity index (χ2v) is 7.05. The number of methoxy groups -OCH3 is 1. The molecule has 0 spiro atoms. The fourth-order valence-electron chi connectivity index (χ4n) is 4.26. The zero-order valence-corrected chi connectivity index (χ0v) is 15.4. The Morgan fingerprint density at radius 1 is 1.23 bits per heavy atom. The van der Waals surface area contributed by atoms with Crippen molar-refractivity contribution >= 4 is 11.6 Å². The number of carbonyl (C=O) groups excluding carboxylic acids is 1. The molecule has 0 radical (unpaired) electrons. The van der Waals surface area contributed by atoms with Crippen LogP contribution in [0.25, 0.3) is 0 Å². The normalized spacial score (nSPS) is 22.5. The fourth-order valence-corrected chi connectivity index (χ4v) is 4.26. The van der Waals surface area contributed by atoms with Crippen LogP contribution in [-0.4, -0.2) is 42.5 Å². The van der Waals surface area contributed by atoms with Crippen LogP contribution in [0.3, 0.4) is 0 Å². The predicted molar refractivity (Wildman–Crippen MR) is 96.8 cm³/mol. The first-order chi connectivity index (χ1) is 12.5. The van der Waals surface area contributed by atoms with Gasteiger partial charge >= 0.3 is 0 Å². The molecule has 1 heterocycles. The SMILES string of the molecule is CCOc1cc(C(=O)N2CC[C@@H]3CCCC[C@@H]3C2)c([N+](=O)[O-])cc1OC. The van der Waals surface area contributed by atoms with Gasteiger partial charge in [0, 0.05) is 19.2 Å². The van der Waals surface area contributed by atoms with Gasteiger partial charge in [-0.05, 0) is 31.6 Å². The number of nitro groups is 1. The first-order valence-corrected chi connectivity index (χ1v) is 9.33. The maximum Gasteiger partial charge on any atom is 0.286 e. The van der Waals surface area contributed by atoms with Crippen molar-refractivity contribution in [3.63, 3.8) is 0 Å². The Morgan fingerprint density at radius 2 is 1.96 bits per heavy atom. The van der Waals surface area contributed by atoms with Crippen molar-refractivity contribution in [1.82, 2.24) is 4.90 Å². The molecule has 1 saturated heterocycles. The van der Waals surface area contributed by atoms with Crippen molar-refractivity contribution in [3.8, 4) is 11.5 Å². The van der Waals surface area contributed by atoms with Crippen molar-refractivity contribution in [2.45, 2.75) is 39.0 Å². The van der Waals surface area contributed by atoms with Crippen LogP contribution >= 0.6 is 0 Å². The predicted octanol–water partition coefficient (Wildman–Crippen LogP) is 3.65. The Bertz CT molecular complexity index is 691. The van der Waals surface area contributed by atoms with Crippen molar-refractivity contribution in [3.05, 3.63) is 27.8 Å². The topological polar surface area (TPSA) is 81.9 Å². The van der Waals surface area contributed by atoms with E-state index in [4.69, 9.17) is 9.47 Å². The standard InChI is InChI=1S/C19H26N2O5/c1-3-26-18-10-15(16(21(23)24)11-17(18)25-2)19(22)20-9-8-13-6-4-5-7-14(13)12-20/h10-11,13-14H,3-9,12H2,1-2H3/t13-,14+/m0/s1. The number of fused-ring (bicyclic) bond motifs is 1. The number of ether oxygens (including phenoxy) is 2. The second-order valence-electron chi connectivity index (χ2n) is 7.05. The number of benzene rings is 1. The van der Waals surface area contributed by atoms with Gasteiger partial charge < -0.3 is 14.4 Å². The number of rotatable bonds is 5. The van der Waals surface area contributed by atoms with Gasteiger partial charge in [-0.3, -0.25) is 14.9 Å².